The maximum absolute atomic E-state index is 11.5. The molecule has 0 aliphatic heterocycles. The second-order valence-electron chi connectivity index (χ2n) is 5.10. The fraction of sp³-hybridized carbons (Fsp3) is 0.929. The number of hydrogen-bond donors (Lipinski definition) is 1. The van der Waals surface area contributed by atoms with Crippen LogP contribution in [0.25, 0.3) is 0 Å². The Morgan fingerprint density at radius 1 is 1.28 bits per heavy atom. The number of rotatable bonds is 11. The number of hydrogen-bond acceptors (Lipinski definition) is 4. The standard InChI is InChI=1S/C14H30N2O2/c1-5-6-8-13(2)18-14(17)9-11-15-10-7-12-16(3)4/h13,15H,5-12H2,1-4H3. The number of carbonyl (C=O) groups excluding carboxylic acids is 1. The molecule has 0 aromatic heterocycles. The first-order chi connectivity index (χ1) is 8.56. The first-order valence-electron chi connectivity index (χ1n) is 7.11. The molecule has 0 radical (unpaired) electrons. The van der Waals surface area contributed by atoms with Crippen molar-refractivity contribution in [3.05, 3.63) is 0 Å². The van der Waals surface area contributed by atoms with Gasteiger partial charge in [0.2, 0.25) is 0 Å². The van der Waals surface area contributed by atoms with Gasteiger partial charge < -0.3 is 15.0 Å². The van der Waals surface area contributed by atoms with Crippen molar-refractivity contribution in [3.63, 3.8) is 0 Å². The zero-order chi connectivity index (χ0) is 13.8. The molecule has 0 fully saturated rings. The Hall–Kier alpha value is -0.610. The summed E-state index contributed by atoms with van der Waals surface area (Å²) in [7, 11) is 4.13. The molecule has 4 heteroatoms. The summed E-state index contributed by atoms with van der Waals surface area (Å²) in [6, 6.07) is 0. The molecule has 0 aliphatic rings. The van der Waals surface area contributed by atoms with E-state index >= 15 is 0 Å². The lowest BCUT2D eigenvalue weighted by molar-refractivity contribution is -0.148. The fourth-order valence-electron chi connectivity index (χ4n) is 1.67. The van der Waals surface area contributed by atoms with Crippen molar-refractivity contribution >= 4 is 5.97 Å². The molecule has 0 rings (SSSR count). The Morgan fingerprint density at radius 2 is 2.00 bits per heavy atom. The molecule has 0 amide bonds. The van der Waals surface area contributed by atoms with E-state index < -0.39 is 0 Å². The fourth-order valence-corrected chi connectivity index (χ4v) is 1.67. The number of unbranched alkanes of at least 4 members (excludes halogenated alkanes) is 1. The zero-order valence-corrected chi connectivity index (χ0v) is 12.5. The monoisotopic (exact) mass is 258 g/mol. The topological polar surface area (TPSA) is 41.6 Å². The molecule has 0 saturated carbocycles. The number of esters is 1. The maximum Gasteiger partial charge on any atom is 0.307 e. The number of nitrogens with one attached hydrogen (secondary N) is 1. The van der Waals surface area contributed by atoms with Crippen molar-refractivity contribution in [2.75, 3.05) is 33.7 Å². The predicted octanol–water partition coefficient (Wildman–Crippen LogP) is 2.04. The van der Waals surface area contributed by atoms with Crippen LogP contribution in [0.5, 0.6) is 0 Å². The van der Waals surface area contributed by atoms with Crippen LogP contribution in [-0.2, 0) is 9.53 Å². The van der Waals surface area contributed by atoms with E-state index in [1.54, 1.807) is 0 Å². The molecule has 0 bridgehead atoms. The van der Waals surface area contributed by atoms with Crippen LogP contribution in [0.1, 0.15) is 46.0 Å². The predicted molar refractivity (Wildman–Crippen MR) is 75.7 cm³/mol. The third-order valence-electron chi connectivity index (χ3n) is 2.76. The van der Waals surface area contributed by atoms with Crippen LogP contribution in [-0.4, -0.2) is 50.7 Å². The van der Waals surface area contributed by atoms with Crippen molar-refractivity contribution < 1.29 is 9.53 Å². The molecule has 0 aromatic carbocycles. The molecule has 1 N–H and O–H groups in total. The largest absolute Gasteiger partial charge is 0.463 e. The summed E-state index contributed by atoms with van der Waals surface area (Å²) in [5, 5.41) is 3.26. The van der Waals surface area contributed by atoms with Crippen LogP contribution in [0.15, 0.2) is 0 Å². The van der Waals surface area contributed by atoms with E-state index in [1.165, 1.54) is 0 Å². The second kappa shape index (κ2) is 11.5. The normalized spacial score (nSPS) is 12.7. The third-order valence-corrected chi connectivity index (χ3v) is 2.76. The smallest absolute Gasteiger partial charge is 0.307 e. The minimum Gasteiger partial charge on any atom is -0.463 e. The van der Waals surface area contributed by atoms with Crippen molar-refractivity contribution in [2.24, 2.45) is 0 Å². The van der Waals surface area contributed by atoms with E-state index in [0.717, 1.165) is 38.8 Å². The van der Waals surface area contributed by atoms with E-state index in [2.05, 4.69) is 31.2 Å². The van der Waals surface area contributed by atoms with Crippen LogP contribution < -0.4 is 5.32 Å². The Bertz CT molecular complexity index is 208. The number of nitrogens with zero attached hydrogens (tertiary/aromatic N) is 1. The first kappa shape index (κ1) is 17.4. The number of carbonyl (C=O) groups is 1. The summed E-state index contributed by atoms with van der Waals surface area (Å²) >= 11 is 0. The molecule has 0 saturated heterocycles. The highest BCUT2D eigenvalue weighted by atomic mass is 16.5. The van der Waals surface area contributed by atoms with Crippen molar-refractivity contribution in [1.29, 1.82) is 0 Å². The molecule has 0 aromatic rings. The van der Waals surface area contributed by atoms with Gasteiger partial charge in [-0.05, 0) is 47.0 Å². The molecule has 4 nitrogen and oxygen atoms in total. The van der Waals surface area contributed by atoms with E-state index in [-0.39, 0.29) is 12.1 Å². The highest BCUT2D eigenvalue weighted by Crippen LogP contribution is 2.04. The molecule has 18 heavy (non-hydrogen) atoms. The van der Waals surface area contributed by atoms with Crippen molar-refractivity contribution in [1.82, 2.24) is 10.2 Å². The summed E-state index contributed by atoms with van der Waals surface area (Å²) < 4.78 is 5.31. The van der Waals surface area contributed by atoms with Gasteiger partial charge >= 0.3 is 5.97 Å². The summed E-state index contributed by atoms with van der Waals surface area (Å²) in [5.41, 5.74) is 0. The van der Waals surface area contributed by atoms with Gasteiger partial charge in [0.15, 0.2) is 0 Å². The minimum atomic E-state index is -0.0845. The minimum absolute atomic E-state index is 0.0613. The lowest BCUT2D eigenvalue weighted by atomic mass is 10.2. The average Bonchev–Trinajstić information content (AvgIpc) is 2.30. The quantitative estimate of drug-likeness (QED) is 0.455. The van der Waals surface area contributed by atoms with Crippen LogP contribution in [0, 0.1) is 0 Å². The van der Waals surface area contributed by atoms with Crippen molar-refractivity contribution in [3.8, 4) is 0 Å². The summed E-state index contributed by atoms with van der Waals surface area (Å²) in [4.78, 5) is 13.6. The Morgan fingerprint density at radius 3 is 2.61 bits per heavy atom. The Balaban J connectivity index is 3.36. The van der Waals surface area contributed by atoms with Gasteiger partial charge in [-0.25, -0.2) is 0 Å². The van der Waals surface area contributed by atoms with E-state index in [1.807, 2.05) is 6.92 Å². The highest BCUT2D eigenvalue weighted by molar-refractivity contribution is 5.69. The highest BCUT2D eigenvalue weighted by Gasteiger charge is 2.08. The van der Waals surface area contributed by atoms with E-state index in [0.29, 0.717) is 13.0 Å². The number of ether oxygens (including phenoxy) is 1. The molecule has 108 valence electrons. The van der Waals surface area contributed by atoms with E-state index in [4.69, 9.17) is 4.74 Å². The lowest BCUT2D eigenvalue weighted by Gasteiger charge is -2.13. The Kier molecular flexibility index (Phi) is 11.1. The molecule has 0 aliphatic carbocycles. The summed E-state index contributed by atoms with van der Waals surface area (Å²) in [6.45, 7) is 6.86. The molecule has 1 unspecified atom stereocenters. The van der Waals surface area contributed by atoms with Gasteiger partial charge in [0, 0.05) is 6.54 Å². The van der Waals surface area contributed by atoms with Gasteiger partial charge in [-0.15, -0.1) is 0 Å². The van der Waals surface area contributed by atoms with Crippen LogP contribution in [0.2, 0.25) is 0 Å². The van der Waals surface area contributed by atoms with Gasteiger partial charge in [-0.1, -0.05) is 19.8 Å². The second-order valence-corrected chi connectivity index (χ2v) is 5.10. The molecular weight excluding hydrogens is 228 g/mol. The average molecular weight is 258 g/mol. The molecule has 0 spiro atoms. The van der Waals surface area contributed by atoms with Gasteiger partial charge in [0.1, 0.15) is 0 Å². The van der Waals surface area contributed by atoms with Crippen LogP contribution in [0.4, 0.5) is 0 Å². The third kappa shape index (κ3) is 11.9. The van der Waals surface area contributed by atoms with Crippen LogP contribution in [0.3, 0.4) is 0 Å². The first-order valence-corrected chi connectivity index (χ1v) is 7.11. The van der Waals surface area contributed by atoms with Gasteiger partial charge in [0.05, 0.1) is 12.5 Å². The van der Waals surface area contributed by atoms with E-state index in [9.17, 15) is 4.79 Å². The summed E-state index contributed by atoms with van der Waals surface area (Å²) in [6.07, 6.45) is 4.88. The lowest BCUT2D eigenvalue weighted by Crippen LogP contribution is -2.25. The zero-order valence-electron chi connectivity index (χ0n) is 12.5. The Labute approximate surface area is 112 Å². The van der Waals surface area contributed by atoms with Gasteiger partial charge in [0.25, 0.3) is 0 Å². The van der Waals surface area contributed by atoms with Gasteiger partial charge in [-0.2, -0.15) is 0 Å². The maximum atomic E-state index is 11.5. The van der Waals surface area contributed by atoms with Gasteiger partial charge in [-0.3, -0.25) is 4.79 Å². The molecule has 1 atom stereocenters. The molecular formula is C14H30N2O2. The molecule has 0 heterocycles. The SMILES string of the molecule is CCCCC(C)OC(=O)CCNCCCN(C)C. The summed E-state index contributed by atoms with van der Waals surface area (Å²) in [5.74, 6) is -0.0845. The van der Waals surface area contributed by atoms with Crippen LogP contribution >= 0.6 is 0 Å². The van der Waals surface area contributed by atoms with Crippen molar-refractivity contribution in [2.45, 2.75) is 52.1 Å².